The SMILES string of the molecule is CC(C)NC(=O)C1CCN(C(=O)N2CC3CC(C2)[C@H]2CCCC(=O)N2C3)CC1. The maximum atomic E-state index is 13.1. The molecule has 4 aliphatic rings. The third kappa shape index (κ3) is 3.85. The second kappa shape index (κ2) is 7.91. The molecule has 4 saturated heterocycles. The van der Waals surface area contributed by atoms with Crippen LogP contribution in [-0.2, 0) is 9.59 Å². The molecular formula is C21H34N4O3. The molecule has 0 saturated carbocycles. The molecule has 1 N–H and O–H groups in total. The van der Waals surface area contributed by atoms with Crippen LogP contribution in [0.1, 0.15) is 52.4 Å². The van der Waals surface area contributed by atoms with Gasteiger partial charge in [0.25, 0.3) is 0 Å². The molecule has 4 fully saturated rings. The van der Waals surface area contributed by atoms with Gasteiger partial charge in [-0.2, -0.15) is 0 Å². The molecule has 4 aliphatic heterocycles. The van der Waals surface area contributed by atoms with Crippen LogP contribution in [-0.4, -0.2) is 77.4 Å². The van der Waals surface area contributed by atoms with E-state index in [1.54, 1.807) is 0 Å². The zero-order valence-electron chi connectivity index (χ0n) is 17.2. The Bertz CT molecular complexity index is 629. The first-order chi connectivity index (χ1) is 13.4. The number of nitrogens with zero attached hydrogens (tertiary/aromatic N) is 3. The van der Waals surface area contributed by atoms with Gasteiger partial charge in [-0.05, 0) is 57.8 Å². The Morgan fingerprint density at radius 2 is 1.79 bits per heavy atom. The van der Waals surface area contributed by atoms with E-state index in [0.717, 1.165) is 51.7 Å². The molecule has 0 aromatic carbocycles. The van der Waals surface area contributed by atoms with E-state index in [-0.39, 0.29) is 23.9 Å². The van der Waals surface area contributed by atoms with Gasteiger partial charge in [-0.3, -0.25) is 9.59 Å². The molecule has 0 aromatic rings. The minimum absolute atomic E-state index is 0.0222. The molecule has 156 valence electrons. The number of carbonyl (C=O) groups is 3. The average Bonchev–Trinajstić information content (AvgIpc) is 2.68. The van der Waals surface area contributed by atoms with Crippen molar-refractivity contribution in [3.05, 3.63) is 0 Å². The number of rotatable bonds is 2. The number of likely N-dealkylation sites (tertiary alicyclic amines) is 2. The van der Waals surface area contributed by atoms with Crippen molar-refractivity contribution in [1.29, 1.82) is 0 Å². The van der Waals surface area contributed by atoms with Gasteiger partial charge in [0.15, 0.2) is 0 Å². The molecule has 7 heteroatoms. The fourth-order valence-corrected chi connectivity index (χ4v) is 5.70. The molecule has 0 aliphatic carbocycles. The van der Waals surface area contributed by atoms with Crippen molar-refractivity contribution in [1.82, 2.24) is 20.0 Å². The Morgan fingerprint density at radius 3 is 2.50 bits per heavy atom. The Balaban J connectivity index is 1.33. The van der Waals surface area contributed by atoms with E-state index in [0.29, 0.717) is 43.3 Å². The molecule has 4 rings (SSSR count). The van der Waals surface area contributed by atoms with Gasteiger partial charge in [0, 0.05) is 57.1 Å². The first-order valence-electron chi connectivity index (χ1n) is 11.1. The molecule has 0 aromatic heterocycles. The average molecular weight is 391 g/mol. The number of amides is 4. The van der Waals surface area contributed by atoms with Crippen LogP contribution in [0.5, 0.6) is 0 Å². The number of urea groups is 1. The van der Waals surface area contributed by atoms with E-state index in [1.807, 2.05) is 23.6 Å². The lowest BCUT2D eigenvalue weighted by atomic mass is 9.76. The predicted octanol–water partition coefficient (Wildman–Crippen LogP) is 1.68. The molecule has 2 bridgehead atoms. The van der Waals surface area contributed by atoms with Gasteiger partial charge in [0.05, 0.1) is 0 Å². The number of piperidine rings is 4. The van der Waals surface area contributed by atoms with E-state index >= 15 is 0 Å². The van der Waals surface area contributed by atoms with Gasteiger partial charge in [-0.15, -0.1) is 0 Å². The Hall–Kier alpha value is -1.79. The molecule has 4 amide bonds. The minimum Gasteiger partial charge on any atom is -0.354 e. The lowest BCUT2D eigenvalue weighted by Gasteiger charge is -2.53. The van der Waals surface area contributed by atoms with Crippen molar-refractivity contribution >= 4 is 17.8 Å². The Morgan fingerprint density at radius 1 is 1.04 bits per heavy atom. The van der Waals surface area contributed by atoms with Crippen molar-refractivity contribution in [3.8, 4) is 0 Å². The second-order valence-electron chi connectivity index (χ2n) is 9.48. The Kier molecular flexibility index (Phi) is 5.52. The van der Waals surface area contributed by atoms with Crippen LogP contribution < -0.4 is 5.32 Å². The van der Waals surface area contributed by atoms with Gasteiger partial charge < -0.3 is 20.0 Å². The fraction of sp³-hybridized carbons (Fsp3) is 0.857. The zero-order valence-corrected chi connectivity index (χ0v) is 17.2. The summed E-state index contributed by atoms with van der Waals surface area (Å²) in [5, 5.41) is 2.99. The second-order valence-corrected chi connectivity index (χ2v) is 9.48. The summed E-state index contributed by atoms with van der Waals surface area (Å²) in [6, 6.07) is 0.623. The summed E-state index contributed by atoms with van der Waals surface area (Å²) >= 11 is 0. The van der Waals surface area contributed by atoms with Crippen LogP contribution in [0, 0.1) is 17.8 Å². The fourth-order valence-electron chi connectivity index (χ4n) is 5.70. The quantitative estimate of drug-likeness (QED) is 0.780. The summed E-state index contributed by atoms with van der Waals surface area (Å²) in [7, 11) is 0. The highest BCUT2D eigenvalue weighted by molar-refractivity contribution is 5.80. The van der Waals surface area contributed by atoms with Gasteiger partial charge in [-0.1, -0.05) is 0 Å². The van der Waals surface area contributed by atoms with Crippen molar-refractivity contribution in [2.75, 3.05) is 32.7 Å². The number of hydrogen-bond acceptors (Lipinski definition) is 3. The highest BCUT2D eigenvalue weighted by atomic mass is 16.2. The Labute approximate surface area is 167 Å². The lowest BCUT2D eigenvalue weighted by molar-refractivity contribution is -0.144. The standard InChI is InChI=1S/C21H34N4O3/c1-14(2)22-20(27)16-6-8-23(9-7-16)21(28)24-11-15-10-17(13-24)18-4-3-5-19(26)25(18)12-15/h14-18H,3-13H2,1-2H3,(H,22,27)/t15?,17?,18-/m1/s1. The summed E-state index contributed by atoms with van der Waals surface area (Å²) in [6.07, 6.45) is 5.40. The summed E-state index contributed by atoms with van der Waals surface area (Å²) < 4.78 is 0. The lowest BCUT2D eigenvalue weighted by Crippen LogP contribution is -2.62. The van der Waals surface area contributed by atoms with Crippen LogP contribution in [0.25, 0.3) is 0 Å². The van der Waals surface area contributed by atoms with Crippen LogP contribution in [0.2, 0.25) is 0 Å². The predicted molar refractivity (Wildman–Crippen MR) is 105 cm³/mol. The number of hydrogen-bond donors (Lipinski definition) is 1. The van der Waals surface area contributed by atoms with E-state index in [2.05, 4.69) is 10.2 Å². The van der Waals surface area contributed by atoms with Crippen LogP contribution in [0.3, 0.4) is 0 Å². The van der Waals surface area contributed by atoms with Gasteiger partial charge in [-0.25, -0.2) is 4.79 Å². The maximum absolute atomic E-state index is 13.1. The highest BCUT2D eigenvalue weighted by Gasteiger charge is 2.45. The van der Waals surface area contributed by atoms with Crippen LogP contribution in [0.15, 0.2) is 0 Å². The number of carbonyl (C=O) groups excluding carboxylic acids is 3. The highest BCUT2D eigenvalue weighted by Crippen LogP contribution is 2.38. The van der Waals surface area contributed by atoms with Crippen molar-refractivity contribution in [2.24, 2.45) is 17.8 Å². The molecule has 4 heterocycles. The third-order valence-electron chi connectivity index (χ3n) is 7.02. The van der Waals surface area contributed by atoms with Crippen LogP contribution >= 0.6 is 0 Å². The van der Waals surface area contributed by atoms with Crippen molar-refractivity contribution in [2.45, 2.75) is 64.5 Å². The molecule has 0 radical (unpaired) electrons. The molecule has 3 atom stereocenters. The zero-order chi connectivity index (χ0) is 19.8. The summed E-state index contributed by atoms with van der Waals surface area (Å²) in [4.78, 5) is 43.7. The molecule has 28 heavy (non-hydrogen) atoms. The summed E-state index contributed by atoms with van der Waals surface area (Å²) in [5.74, 6) is 1.29. The smallest absolute Gasteiger partial charge is 0.320 e. The molecule has 2 unspecified atom stereocenters. The third-order valence-corrected chi connectivity index (χ3v) is 7.02. The van der Waals surface area contributed by atoms with Crippen molar-refractivity contribution in [3.63, 3.8) is 0 Å². The van der Waals surface area contributed by atoms with Gasteiger partial charge >= 0.3 is 6.03 Å². The van der Waals surface area contributed by atoms with Gasteiger partial charge in [0.2, 0.25) is 11.8 Å². The van der Waals surface area contributed by atoms with E-state index in [1.165, 1.54) is 0 Å². The topological polar surface area (TPSA) is 73.0 Å². The normalized spacial score (nSPS) is 31.0. The maximum Gasteiger partial charge on any atom is 0.320 e. The molecular weight excluding hydrogens is 356 g/mol. The largest absolute Gasteiger partial charge is 0.354 e. The summed E-state index contributed by atoms with van der Waals surface area (Å²) in [5.41, 5.74) is 0. The number of nitrogens with one attached hydrogen (secondary N) is 1. The van der Waals surface area contributed by atoms with E-state index in [9.17, 15) is 14.4 Å². The summed E-state index contributed by atoms with van der Waals surface area (Å²) in [6.45, 7) is 7.64. The van der Waals surface area contributed by atoms with Gasteiger partial charge in [0.1, 0.15) is 0 Å². The monoisotopic (exact) mass is 390 g/mol. The van der Waals surface area contributed by atoms with E-state index in [4.69, 9.17) is 0 Å². The minimum atomic E-state index is 0.0222. The number of fused-ring (bicyclic) bond motifs is 4. The molecule has 7 nitrogen and oxygen atoms in total. The van der Waals surface area contributed by atoms with Crippen molar-refractivity contribution < 1.29 is 14.4 Å². The first-order valence-corrected chi connectivity index (χ1v) is 11.1. The van der Waals surface area contributed by atoms with Crippen LogP contribution in [0.4, 0.5) is 4.79 Å². The molecule has 0 spiro atoms. The van der Waals surface area contributed by atoms with E-state index < -0.39 is 0 Å². The first kappa shape index (κ1) is 19.5.